The molecule has 1 aromatic carbocycles. The van der Waals surface area contributed by atoms with Crippen molar-refractivity contribution in [2.45, 2.75) is 64.2 Å². The van der Waals surface area contributed by atoms with Gasteiger partial charge in [0.15, 0.2) is 5.69 Å². The number of methoxy groups -OCH3 is 2. The maximum atomic E-state index is 13.7. The van der Waals surface area contributed by atoms with Crippen LogP contribution in [0.3, 0.4) is 0 Å². The Morgan fingerprint density at radius 2 is 1.82 bits per heavy atom. The lowest BCUT2D eigenvalue weighted by Crippen LogP contribution is -2.64. The Morgan fingerprint density at radius 1 is 1.15 bits per heavy atom. The third-order valence-electron chi connectivity index (χ3n) is 7.03. The monoisotopic (exact) mass is 468 g/mol. The maximum Gasteiger partial charge on any atom is 0.358 e. The van der Waals surface area contributed by atoms with E-state index in [9.17, 15) is 14.4 Å². The first kappa shape index (κ1) is 23.8. The van der Waals surface area contributed by atoms with Crippen molar-refractivity contribution in [1.82, 2.24) is 20.0 Å². The summed E-state index contributed by atoms with van der Waals surface area (Å²) in [7, 11) is 2.86. The third kappa shape index (κ3) is 4.51. The molecule has 2 amide bonds. The minimum absolute atomic E-state index is 0.0428. The van der Waals surface area contributed by atoms with Crippen molar-refractivity contribution in [1.29, 1.82) is 0 Å². The van der Waals surface area contributed by atoms with Crippen LogP contribution in [0.5, 0.6) is 5.75 Å². The summed E-state index contributed by atoms with van der Waals surface area (Å²) < 4.78 is 11.5. The lowest BCUT2D eigenvalue weighted by Gasteiger charge is -2.44. The highest BCUT2D eigenvalue weighted by Gasteiger charge is 2.48. The van der Waals surface area contributed by atoms with Crippen molar-refractivity contribution in [3.63, 3.8) is 0 Å². The number of rotatable bonds is 6. The van der Waals surface area contributed by atoms with Gasteiger partial charge in [-0.3, -0.25) is 14.3 Å². The van der Waals surface area contributed by atoms with Crippen LogP contribution >= 0.6 is 0 Å². The van der Waals surface area contributed by atoms with E-state index < -0.39 is 11.5 Å². The highest BCUT2D eigenvalue weighted by molar-refractivity contribution is 6.01. The van der Waals surface area contributed by atoms with Crippen LogP contribution in [0.25, 0.3) is 0 Å². The molecule has 1 aliphatic heterocycles. The second kappa shape index (κ2) is 9.48. The number of nitrogens with one attached hydrogen (secondary N) is 1. The largest absolute Gasteiger partial charge is 0.497 e. The van der Waals surface area contributed by atoms with Gasteiger partial charge in [-0.05, 0) is 56.2 Å². The molecule has 1 atom stereocenters. The minimum Gasteiger partial charge on any atom is -0.497 e. The number of ether oxygens (including phenoxy) is 2. The van der Waals surface area contributed by atoms with Crippen LogP contribution in [-0.4, -0.2) is 58.3 Å². The zero-order valence-corrected chi connectivity index (χ0v) is 20.2. The van der Waals surface area contributed by atoms with Gasteiger partial charge in [0.25, 0.3) is 5.91 Å². The molecule has 2 aliphatic rings. The molecule has 2 heterocycles. The topological polar surface area (TPSA) is 103 Å². The Labute approximate surface area is 199 Å². The molecule has 0 spiro atoms. The molecular formula is C25H32N4O5. The van der Waals surface area contributed by atoms with E-state index in [1.165, 1.54) is 17.9 Å². The van der Waals surface area contributed by atoms with Crippen molar-refractivity contribution in [3.8, 4) is 5.75 Å². The highest BCUT2D eigenvalue weighted by Crippen LogP contribution is 2.31. The van der Waals surface area contributed by atoms with Crippen LogP contribution in [0.15, 0.2) is 30.3 Å². The summed E-state index contributed by atoms with van der Waals surface area (Å²) in [6.07, 6.45) is 3.99. The van der Waals surface area contributed by atoms with Crippen molar-refractivity contribution >= 4 is 17.8 Å². The SMILES string of the molecule is COC(=O)c1cc2n(n1)CC(C)(C(=O)NC1CCC(C)CC1)N(Cc1ccc(OC)cc1)C2=O. The number of benzene rings is 1. The second-order valence-electron chi connectivity index (χ2n) is 9.51. The number of hydrogen-bond donors (Lipinski definition) is 1. The number of hydrogen-bond acceptors (Lipinski definition) is 6. The fourth-order valence-electron chi connectivity index (χ4n) is 4.75. The summed E-state index contributed by atoms with van der Waals surface area (Å²) >= 11 is 0. The van der Waals surface area contributed by atoms with Crippen LogP contribution in [-0.2, 0) is 22.6 Å². The van der Waals surface area contributed by atoms with E-state index in [-0.39, 0.29) is 42.3 Å². The summed E-state index contributed by atoms with van der Waals surface area (Å²) in [6, 6.07) is 8.91. The second-order valence-corrected chi connectivity index (χ2v) is 9.51. The van der Waals surface area contributed by atoms with E-state index in [2.05, 4.69) is 17.3 Å². The molecule has 4 rings (SSSR count). The molecule has 1 N–H and O–H groups in total. The fourth-order valence-corrected chi connectivity index (χ4v) is 4.75. The van der Waals surface area contributed by atoms with Crippen LogP contribution in [0.1, 0.15) is 66.1 Å². The molecule has 182 valence electrons. The van der Waals surface area contributed by atoms with E-state index >= 15 is 0 Å². The molecule has 0 radical (unpaired) electrons. The number of carbonyl (C=O) groups excluding carboxylic acids is 3. The summed E-state index contributed by atoms with van der Waals surface area (Å²) in [5.41, 5.74) is -0.0281. The summed E-state index contributed by atoms with van der Waals surface area (Å²) in [5, 5.41) is 7.46. The molecule has 1 aromatic heterocycles. The number of esters is 1. The van der Waals surface area contributed by atoms with Crippen LogP contribution in [0, 0.1) is 5.92 Å². The van der Waals surface area contributed by atoms with Crippen molar-refractivity contribution in [3.05, 3.63) is 47.3 Å². The summed E-state index contributed by atoms with van der Waals surface area (Å²) in [6.45, 7) is 4.36. The van der Waals surface area contributed by atoms with Gasteiger partial charge in [0, 0.05) is 18.7 Å². The molecule has 9 heteroatoms. The molecule has 0 bridgehead atoms. The lowest BCUT2D eigenvalue weighted by atomic mass is 9.86. The smallest absolute Gasteiger partial charge is 0.358 e. The molecule has 0 saturated heterocycles. The number of carbonyl (C=O) groups is 3. The molecule has 2 aromatic rings. The maximum absolute atomic E-state index is 13.7. The van der Waals surface area contributed by atoms with Gasteiger partial charge in [-0.15, -0.1) is 0 Å². The van der Waals surface area contributed by atoms with Gasteiger partial charge in [0.2, 0.25) is 5.91 Å². The van der Waals surface area contributed by atoms with Gasteiger partial charge >= 0.3 is 5.97 Å². The van der Waals surface area contributed by atoms with E-state index in [1.54, 1.807) is 18.9 Å². The van der Waals surface area contributed by atoms with Crippen molar-refractivity contribution in [2.24, 2.45) is 5.92 Å². The molecule has 9 nitrogen and oxygen atoms in total. The van der Waals surface area contributed by atoms with Crippen LogP contribution in [0.4, 0.5) is 0 Å². The van der Waals surface area contributed by atoms with Crippen LogP contribution < -0.4 is 10.1 Å². The predicted octanol–water partition coefficient (Wildman–Crippen LogP) is 2.79. The Morgan fingerprint density at radius 3 is 2.44 bits per heavy atom. The van der Waals surface area contributed by atoms with E-state index in [0.29, 0.717) is 11.7 Å². The Hall–Kier alpha value is -3.36. The summed E-state index contributed by atoms with van der Waals surface area (Å²) in [5.74, 6) is 0.171. The van der Waals surface area contributed by atoms with E-state index in [1.807, 2.05) is 24.3 Å². The molecule has 1 fully saturated rings. The first-order chi connectivity index (χ1) is 16.2. The third-order valence-corrected chi connectivity index (χ3v) is 7.03. The predicted molar refractivity (Wildman–Crippen MR) is 124 cm³/mol. The van der Waals surface area contributed by atoms with Gasteiger partial charge in [-0.25, -0.2) is 4.79 Å². The van der Waals surface area contributed by atoms with Gasteiger partial charge in [0.1, 0.15) is 17.0 Å². The van der Waals surface area contributed by atoms with Gasteiger partial charge in [0.05, 0.1) is 20.8 Å². The van der Waals surface area contributed by atoms with Crippen molar-refractivity contribution < 1.29 is 23.9 Å². The number of fused-ring (bicyclic) bond motifs is 1. The molecular weight excluding hydrogens is 436 g/mol. The fraction of sp³-hybridized carbons (Fsp3) is 0.520. The minimum atomic E-state index is -1.19. The standard InChI is InChI=1S/C25H32N4O5/c1-16-5-9-18(10-6-16)26-24(32)25(2)15-29-21(13-20(27-29)23(31)34-4)22(30)28(25)14-17-7-11-19(33-3)12-8-17/h7-8,11-13,16,18H,5-6,9-10,14-15H2,1-4H3,(H,26,32). The van der Waals surface area contributed by atoms with E-state index in [4.69, 9.17) is 9.47 Å². The average Bonchev–Trinajstić information content (AvgIpc) is 3.27. The normalized spacial score (nSPS) is 24.4. The molecule has 34 heavy (non-hydrogen) atoms. The number of aromatic nitrogens is 2. The Balaban J connectivity index is 1.66. The zero-order chi connectivity index (χ0) is 24.5. The first-order valence-electron chi connectivity index (χ1n) is 11.7. The summed E-state index contributed by atoms with van der Waals surface area (Å²) in [4.78, 5) is 40.9. The Kier molecular flexibility index (Phi) is 6.63. The van der Waals surface area contributed by atoms with Gasteiger partial charge < -0.3 is 19.7 Å². The quantitative estimate of drug-likeness (QED) is 0.654. The average molecular weight is 469 g/mol. The molecule has 1 saturated carbocycles. The highest BCUT2D eigenvalue weighted by atomic mass is 16.5. The molecule has 1 unspecified atom stereocenters. The Bertz CT molecular complexity index is 1070. The van der Waals surface area contributed by atoms with Crippen LogP contribution in [0.2, 0.25) is 0 Å². The molecule has 1 aliphatic carbocycles. The van der Waals surface area contributed by atoms with Gasteiger partial charge in [-0.1, -0.05) is 19.1 Å². The first-order valence-corrected chi connectivity index (χ1v) is 11.7. The van der Waals surface area contributed by atoms with Gasteiger partial charge in [-0.2, -0.15) is 5.10 Å². The van der Waals surface area contributed by atoms with E-state index in [0.717, 1.165) is 31.2 Å². The number of amides is 2. The van der Waals surface area contributed by atoms with Crippen molar-refractivity contribution in [2.75, 3.05) is 14.2 Å². The zero-order valence-electron chi connectivity index (χ0n) is 20.2. The lowest BCUT2D eigenvalue weighted by molar-refractivity contribution is -0.134. The number of nitrogens with zero attached hydrogens (tertiary/aromatic N) is 3.